The minimum atomic E-state index is -0.696. The van der Waals surface area contributed by atoms with E-state index in [9.17, 15) is 25.0 Å². The number of nitriles is 1. The van der Waals surface area contributed by atoms with Crippen molar-refractivity contribution in [3.63, 3.8) is 0 Å². The summed E-state index contributed by atoms with van der Waals surface area (Å²) >= 11 is 0.949. The average molecular weight is 499 g/mol. The van der Waals surface area contributed by atoms with Crippen LogP contribution in [0.4, 0.5) is 11.4 Å². The number of methoxy groups -OCH3 is 1. The number of amides is 1. The van der Waals surface area contributed by atoms with Crippen LogP contribution in [0.25, 0.3) is 17.3 Å². The Hall–Kier alpha value is -5.01. The molecule has 0 saturated heterocycles. The largest absolute Gasteiger partial charge is 0.497 e. The van der Waals surface area contributed by atoms with Gasteiger partial charge in [-0.15, -0.1) is 11.3 Å². The van der Waals surface area contributed by atoms with E-state index in [-0.39, 0.29) is 20.5 Å². The van der Waals surface area contributed by atoms with Crippen LogP contribution in [0.1, 0.15) is 5.56 Å². The number of hydrogen-bond donors (Lipinski definition) is 1. The molecule has 178 valence electrons. The van der Waals surface area contributed by atoms with Gasteiger partial charge >= 0.3 is 0 Å². The van der Waals surface area contributed by atoms with Crippen molar-refractivity contribution in [1.82, 2.24) is 4.57 Å². The normalized spacial score (nSPS) is 11.9. The van der Waals surface area contributed by atoms with Gasteiger partial charge in [0.15, 0.2) is 5.57 Å². The molecule has 3 aromatic carbocycles. The Balaban J connectivity index is 1.93. The summed E-state index contributed by atoms with van der Waals surface area (Å²) in [4.78, 5) is 37.2. The van der Waals surface area contributed by atoms with E-state index in [4.69, 9.17) is 4.74 Å². The molecule has 0 unspecified atom stereocenters. The first-order valence-electron chi connectivity index (χ1n) is 10.5. The number of ether oxygens (including phenoxy) is 1. The van der Waals surface area contributed by atoms with Gasteiger partial charge in [-0.25, -0.2) is 0 Å². The van der Waals surface area contributed by atoms with E-state index in [2.05, 4.69) is 5.32 Å². The molecule has 1 heterocycles. The Morgan fingerprint density at radius 1 is 1.11 bits per heavy atom. The second-order valence-electron chi connectivity index (χ2n) is 7.42. The molecule has 0 aliphatic heterocycles. The number of rotatable bonds is 6. The molecule has 1 amide bonds. The fourth-order valence-corrected chi connectivity index (χ4v) is 4.53. The molecule has 0 aliphatic rings. The molecule has 4 rings (SSSR count). The maximum atomic E-state index is 13.4. The lowest BCUT2D eigenvalue weighted by Crippen LogP contribution is -2.32. The predicted molar refractivity (Wildman–Crippen MR) is 136 cm³/mol. The molecule has 0 saturated carbocycles. The van der Waals surface area contributed by atoms with E-state index < -0.39 is 16.4 Å². The van der Waals surface area contributed by atoms with E-state index in [1.54, 1.807) is 60.7 Å². The van der Waals surface area contributed by atoms with Crippen molar-refractivity contribution in [2.75, 3.05) is 12.4 Å². The zero-order valence-electron chi connectivity index (χ0n) is 18.9. The molecule has 0 atom stereocenters. The number of aromatic nitrogens is 1. The van der Waals surface area contributed by atoms with Crippen molar-refractivity contribution in [3.8, 4) is 17.5 Å². The quantitative estimate of drug-likeness (QED) is 0.322. The highest BCUT2D eigenvalue weighted by Gasteiger charge is 2.17. The summed E-state index contributed by atoms with van der Waals surface area (Å²) < 4.78 is 6.80. The molecular weight excluding hydrogens is 480 g/mol. The van der Waals surface area contributed by atoms with Crippen LogP contribution in [0, 0.1) is 21.4 Å². The Morgan fingerprint density at radius 2 is 1.86 bits per heavy atom. The van der Waals surface area contributed by atoms with Crippen molar-refractivity contribution in [1.29, 1.82) is 5.26 Å². The summed E-state index contributed by atoms with van der Waals surface area (Å²) in [5.41, 5.74) is 0.478. The van der Waals surface area contributed by atoms with Gasteiger partial charge in [0.2, 0.25) is 0 Å². The number of non-ortho nitro benzene ring substituents is 1. The highest BCUT2D eigenvalue weighted by atomic mass is 32.1. The van der Waals surface area contributed by atoms with Gasteiger partial charge < -0.3 is 10.1 Å². The van der Waals surface area contributed by atoms with Crippen LogP contribution in [0.5, 0.6) is 5.75 Å². The maximum absolute atomic E-state index is 13.4. The second kappa shape index (κ2) is 10.5. The number of nitro groups is 1. The van der Waals surface area contributed by atoms with Crippen LogP contribution in [0.2, 0.25) is 0 Å². The zero-order chi connectivity index (χ0) is 25.7. The summed E-state index contributed by atoms with van der Waals surface area (Å²) in [5.74, 6) is -0.170. The number of hydrogen-bond acceptors (Lipinski definition) is 7. The number of thiazole rings is 1. The Labute approximate surface area is 208 Å². The number of benzene rings is 3. The number of anilines is 1. The molecular formula is C26H18N4O5S. The van der Waals surface area contributed by atoms with Crippen LogP contribution >= 0.6 is 11.3 Å². The highest BCUT2D eigenvalue weighted by Crippen LogP contribution is 2.17. The van der Waals surface area contributed by atoms with Crippen molar-refractivity contribution in [2.45, 2.75) is 0 Å². The number of carbonyl (C=O) groups is 1. The summed E-state index contributed by atoms with van der Waals surface area (Å²) in [5, 5.41) is 23.7. The van der Waals surface area contributed by atoms with Crippen molar-refractivity contribution in [3.05, 3.63) is 114 Å². The third-order valence-electron chi connectivity index (χ3n) is 5.10. The van der Waals surface area contributed by atoms with Crippen LogP contribution in [-0.2, 0) is 4.79 Å². The number of nitro benzene ring substituents is 1. The van der Waals surface area contributed by atoms with Crippen molar-refractivity contribution < 1.29 is 14.5 Å². The first kappa shape index (κ1) is 24.1. The third kappa shape index (κ3) is 5.06. The standard InChI is InChI=1S/C26H18N4O5S/c1-35-21-12-6-8-18(15-21)28-24(31)22(16-27)26-29(19-9-3-2-4-10-19)25(32)23(36-26)14-17-7-5-11-20(13-17)30(33)34/h2-15H,1H3,(H,28,31)/b23-14+,26-22-. The summed E-state index contributed by atoms with van der Waals surface area (Å²) in [6.45, 7) is 0. The van der Waals surface area contributed by atoms with Gasteiger partial charge in [0.1, 0.15) is 16.5 Å². The number of carbonyl (C=O) groups excluding carboxylic acids is 1. The van der Waals surface area contributed by atoms with E-state index in [1.165, 1.54) is 36.0 Å². The maximum Gasteiger partial charge on any atom is 0.273 e. The number of nitrogens with zero attached hydrogens (tertiary/aromatic N) is 3. The SMILES string of the molecule is COc1cccc(NC(=O)/C(C#N)=c2\s/c(=C/c3cccc([N+](=O)[O-])c3)c(=O)n2-c2ccccc2)c1. The first-order valence-corrected chi connectivity index (χ1v) is 11.4. The molecule has 0 radical (unpaired) electrons. The minimum absolute atomic E-state index is 0.120. The van der Waals surface area contributed by atoms with Gasteiger partial charge in [-0.1, -0.05) is 36.4 Å². The smallest absolute Gasteiger partial charge is 0.273 e. The van der Waals surface area contributed by atoms with Gasteiger partial charge in [0.05, 0.1) is 22.3 Å². The molecule has 4 aromatic rings. The average Bonchev–Trinajstić information content (AvgIpc) is 3.20. The van der Waals surface area contributed by atoms with Crippen molar-refractivity contribution >= 4 is 40.3 Å². The fourth-order valence-electron chi connectivity index (χ4n) is 3.43. The van der Waals surface area contributed by atoms with Gasteiger partial charge in [-0.3, -0.25) is 24.3 Å². The molecule has 0 bridgehead atoms. The molecule has 9 nitrogen and oxygen atoms in total. The van der Waals surface area contributed by atoms with E-state index in [0.717, 1.165) is 11.3 Å². The van der Waals surface area contributed by atoms with Gasteiger partial charge in [0, 0.05) is 23.9 Å². The molecule has 0 aliphatic carbocycles. The van der Waals surface area contributed by atoms with Gasteiger partial charge in [-0.05, 0) is 35.9 Å². The zero-order valence-corrected chi connectivity index (χ0v) is 19.7. The lowest BCUT2D eigenvalue weighted by atomic mass is 10.2. The summed E-state index contributed by atoms with van der Waals surface area (Å²) in [6.07, 6.45) is 1.50. The van der Waals surface area contributed by atoms with Crippen LogP contribution in [0.15, 0.2) is 83.7 Å². The fraction of sp³-hybridized carbons (Fsp3) is 0.0385. The van der Waals surface area contributed by atoms with Crippen molar-refractivity contribution in [2.24, 2.45) is 0 Å². The predicted octanol–water partition coefficient (Wildman–Crippen LogP) is 2.96. The Morgan fingerprint density at radius 3 is 2.56 bits per heavy atom. The topological polar surface area (TPSA) is 127 Å². The van der Waals surface area contributed by atoms with Gasteiger partial charge in [-0.2, -0.15) is 5.26 Å². The van der Waals surface area contributed by atoms with Gasteiger partial charge in [0.25, 0.3) is 17.2 Å². The monoisotopic (exact) mass is 498 g/mol. The summed E-state index contributed by atoms with van der Waals surface area (Å²) in [6, 6.07) is 23.0. The lowest BCUT2D eigenvalue weighted by molar-refractivity contribution is -0.384. The third-order valence-corrected chi connectivity index (χ3v) is 6.19. The minimum Gasteiger partial charge on any atom is -0.497 e. The molecule has 0 fully saturated rings. The molecule has 1 N–H and O–H groups in total. The van der Waals surface area contributed by atoms with Crippen LogP contribution in [0.3, 0.4) is 0 Å². The second-order valence-corrected chi connectivity index (χ2v) is 8.45. The molecule has 0 spiro atoms. The Kier molecular flexibility index (Phi) is 7.04. The van der Waals surface area contributed by atoms with Crippen LogP contribution < -0.4 is 24.8 Å². The van der Waals surface area contributed by atoms with E-state index in [0.29, 0.717) is 22.7 Å². The lowest BCUT2D eigenvalue weighted by Gasteiger charge is -2.07. The highest BCUT2D eigenvalue weighted by molar-refractivity contribution is 7.07. The Bertz CT molecular complexity index is 1680. The molecule has 10 heteroatoms. The summed E-state index contributed by atoms with van der Waals surface area (Å²) in [7, 11) is 1.50. The molecule has 36 heavy (non-hydrogen) atoms. The van der Waals surface area contributed by atoms with E-state index >= 15 is 0 Å². The number of para-hydroxylation sites is 1. The van der Waals surface area contributed by atoms with Crippen LogP contribution in [-0.4, -0.2) is 22.5 Å². The van der Waals surface area contributed by atoms with E-state index in [1.807, 2.05) is 6.07 Å². The molecule has 1 aromatic heterocycles. The first-order chi connectivity index (χ1) is 17.4. The number of nitrogens with one attached hydrogen (secondary N) is 1.